The van der Waals surface area contributed by atoms with Crippen LogP contribution in [0, 0.1) is 0 Å². The second-order valence-electron chi connectivity index (χ2n) is 2.44. The first-order chi connectivity index (χ1) is 6.61. The summed E-state index contributed by atoms with van der Waals surface area (Å²) in [6, 6.07) is -0.606. The molecule has 0 bridgehead atoms. The molecule has 0 amide bonds. The standard InChI is InChI=1S/C8H14BO4P/c1-3-7(12-2)8(9)13-5-4-6-14(10)11/h3-4,6-8,10-11H,1,5H2,2H3/b6-4+/t7-,8?/m1/s1. The average Bonchev–Trinajstić information content (AvgIpc) is 2.14. The molecule has 0 aliphatic carbocycles. The molecule has 6 heteroatoms. The molecule has 0 aromatic rings. The summed E-state index contributed by atoms with van der Waals surface area (Å²) in [5.41, 5.74) is 0. The van der Waals surface area contributed by atoms with E-state index in [9.17, 15) is 0 Å². The number of ether oxygens (including phenoxy) is 2. The van der Waals surface area contributed by atoms with Crippen LogP contribution in [0.1, 0.15) is 0 Å². The van der Waals surface area contributed by atoms with Crippen LogP contribution in [-0.2, 0) is 9.47 Å². The van der Waals surface area contributed by atoms with E-state index in [1.165, 1.54) is 19.0 Å². The third kappa shape index (κ3) is 6.30. The van der Waals surface area contributed by atoms with E-state index in [1.807, 2.05) is 0 Å². The van der Waals surface area contributed by atoms with Gasteiger partial charge in [0.2, 0.25) is 0 Å². The predicted octanol–water partition coefficient (Wildman–Crippen LogP) is 0.509. The van der Waals surface area contributed by atoms with Gasteiger partial charge in [-0.3, -0.25) is 0 Å². The smallest absolute Gasteiger partial charge is 0.191 e. The van der Waals surface area contributed by atoms with Crippen LogP contribution in [-0.4, -0.2) is 43.5 Å². The van der Waals surface area contributed by atoms with Crippen molar-refractivity contribution >= 4 is 16.2 Å². The Balaban J connectivity index is 3.72. The van der Waals surface area contributed by atoms with Crippen molar-refractivity contribution in [3.63, 3.8) is 0 Å². The van der Waals surface area contributed by atoms with Crippen LogP contribution in [0.5, 0.6) is 0 Å². The van der Waals surface area contributed by atoms with Crippen molar-refractivity contribution in [2.24, 2.45) is 0 Å². The summed E-state index contributed by atoms with van der Waals surface area (Å²) in [6.07, 6.45) is 2.66. The molecule has 78 valence electrons. The van der Waals surface area contributed by atoms with Gasteiger partial charge in [-0.15, -0.1) is 6.58 Å². The molecule has 0 saturated heterocycles. The van der Waals surface area contributed by atoms with E-state index in [-0.39, 0.29) is 12.7 Å². The maximum atomic E-state index is 8.53. The van der Waals surface area contributed by atoms with E-state index in [0.717, 1.165) is 0 Å². The summed E-state index contributed by atoms with van der Waals surface area (Å²) in [7, 11) is 5.08. The van der Waals surface area contributed by atoms with Gasteiger partial charge in [-0.25, -0.2) is 0 Å². The molecular weight excluding hydrogens is 202 g/mol. The monoisotopic (exact) mass is 216 g/mol. The summed E-state index contributed by atoms with van der Waals surface area (Å²) >= 11 is 0. The molecule has 2 atom stereocenters. The minimum atomic E-state index is -2.01. The van der Waals surface area contributed by atoms with Crippen molar-refractivity contribution in [1.29, 1.82) is 0 Å². The lowest BCUT2D eigenvalue weighted by molar-refractivity contribution is 0.0193. The Morgan fingerprint density at radius 3 is 2.64 bits per heavy atom. The summed E-state index contributed by atoms with van der Waals surface area (Å²) < 4.78 is 10.1. The highest BCUT2D eigenvalue weighted by atomic mass is 31.2. The lowest BCUT2D eigenvalue weighted by atomic mass is 9.94. The molecular formula is C8H14BO4P. The van der Waals surface area contributed by atoms with E-state index in [1.54, 1.807) is 6.08 Å². The zero-order valence-electron chi connectivity index (χ0n) is 8.04. The molecule has 2 radical (unpaired) electrons. The Kier molecular flexibility index (Phi) is 8.04. The second-order valence-corrected chi connectivity index (χ2v) is 3.38. The highest BCUT2D eigenvalue weighted by molar-refractivity contribution is 7.48. The highest BCUT2D eigenvalue weighted by Gasteiger charge is 2.11. The molecule has 0 aromatic carbocycles. The molecule has 0 aliphatic heterocycles. The van der Waals surface area contributed by atoms with Gasteiger partial charge < -0.3 is 19.3 Å². The SMILES string of the molecule is [B]C(OC/C=C/P(O)O)[C@@H](C=C)OC. The van der Waals surface area contributed by atoms with Crippen LogP contribution in [0.15, 0.2) is 24.5 Å². The van der Waals surface area contributed by atoms with Gasteiger partial charge in [0.15, 0.2) is 8.38 Å². The van der Waals surface area contributed by atoms with E-state index < -0.39 is 14.4 Å². The van der Waals surface area contributed by atoms with Gasteiger partial charge in [-0.1, -0.05) is 12.2 Å². The van der Waals surface area contributed by atoms with Crippen LogP contribution in [0.25, 0.3) is 0 Å². The zero-order chi connectivity index (χ0) is 11.0. The quantitative estimate of drug-likeness (QED) is 0.369. The van der Waals surface area contributed by atoms with Gasteiger partial charge in [-0.05, 0) is 5.82 Å². The molecule has 0 heterocycles. The Bertz CT molecular complexity index is 186. The molecule has 0 rings (SSSR count). The number of hydrogen-bond acceptors (Lipinski definition) is 4. The third-order valence-corrected chi connectivity index (χ3v) is 1.93. The highest BCUT2D eigenvalue weighted by Crippen LogP contribution is 2.23. The maximum absolute atomic E-state index is 8.53. The second kappa shape index (κ2) is 8.15. The summed E-state index contributed by atoms with van der Waals surface area (Å²) in [5, 5.41) is 0. The largest absolute Gasteiger partial charge is 0.381 e. The molecule has 0 spiro atoms. The number of rotatable bonds is 7. The molecule has 0 saturated carbocycles. The molecule has 0 fully saturated rings. The minimum absolute atomic E-state index is 0.203. The minimum Gasteiger partial charge on any atom is -0.381 e. The number of methoxy groups -OCH3 is 1. The summed E-state index contributed by atoms with van der Waals surface area (Å²) in [4.78, 5) is 17.1. The fourth-order valence-corrected chi connectivity index (χ4v) is 1.04. The number of hydrogen-bond donors (Lipinski definition) is 2. The summed E-state index contributed by atoms with van der Waals surface area (Å²) in [6.45, 7) is 3.73. The van der Waals surface area contributed by atoms with Gasteiger partial charge in [-0.2, -0.15) is 0 Å². The predicted molar refractivity (Wildman–Crippen MR) is 57.0 cm³/mol. The fraction of sp³-hybridized carbons (Fsp3) is 0.500. The van der Waals surface area contributed by atoms with E-state index >= 15 is 0 Å². The first kappa shape index (κ1) is 13.8. The molecule has 0 aromatic heterocycles. The van der Waals surface area contributed by atoms with Crippen LogP contribution in [0.2, 0.25) is 0 Å². The van der Waals surface area contributed by atoms with Gasteiger partial charge in [0, 0.05) is 13.1 Å². The van der Waals surface area contributed by atoms with Gasteiger partial charge in [0.05, 0.1) is 12.7 Å². The van der Waals surface area contributed by atoms with Crippen molar-refractivity contribution in [2.45, 2.75) is 12.1 Å². The van der Waals surface area contributed by atoms with Gasteiger partial charge >= 0.3 is 0 Å². The van der Waals surface area contributed by atoms with Crippen molar-refractivity contribution in [3.05, 3.63) is 24.5 Å². The topological polar surface area (TPSA) is 58.9 Å². The van der Waals surface area contributed by atoms with Crippen molar-refractivity contribution in [2.75, 3.05) is 13.7 Å². The van der Waals surface area contributed by atoms with Crippen LogP contribution < -0.4 is 0 Å². The maximum Gasteiger partial charge on any atom is 0.191 e. The lowest BCUT2D eigenvalue weighted by Crippen LogP contribution is -2.29. The zero-order valence-corrected chi connectivity index (χ0v) is 8.93. The van der Waals surface area contributed by atoms with Crippen molar-refractivity contribution in [1.82, 2.24) is 0 Å². The average molecular weight is 216 g/mol. The van der Waals surface area contributed by atoms with Crippen molar-refractivity contribution < 1.29 is 19.3 Å². The molecule has 1 unspecified atom stereocenters. The normalized spacial score (nSPS) is 16.0. The Labute approximate surface area is 86.6 Å². The van der Waals surface area contributed by atoms with E-state index in [0.29, 0.717) is 0 Å². The Hall–Kier alpha value is -0.185. The Morgan fingerprint density at radius 1 is 1.57 bits per heavy atom. The van der Waals surface area contributed by atoms with E-state index in [4.69, 9.17) is 27.1 Å². The molecule has 4 nitrogen and oxygen atoms in total. The Morgan fingerprint density at radius 2 is 2.21 bits per heavy atom. The van der Waals surface area contributed by atoms with Crippen LogP contribution >= 0.6 is 8.38 Å². The van der Waals surface area contributed by atoms with Crippen molar-refractivity contribution in [3.8, 4) is 0 Å². The first-order valence-electron chi connectivity index (χ1n) is 3.98. The van der Waals surface area contributed by atoms with E-state index in [2.05, 4.69) is 6.58 Å². The molecule has 14 heavy (non-hydrogen) atoms. The fourth-order valence-electron chi connectivity index (χ4n) is 0.763. The third-order valence-electron chi connectivity index (χ3n) is 1.45. The molecule has 2 N–H and O–H groups in total. The lowest BCUT2D eigenvalue weighted by Gasteiger charge is -2.19. The molecule has 0 aliphatic rings. The van der Waals surface area contributed by atoms with Crippen LogP contribution in [0.4, 0.5) is 0 Å². The van der Waals surface area contributed by atoms with Gasteiger partial charge in [0.25, 0.3) is 0 Å². The first-order valence-corrected chi connectivity index (χ1v) is 5.29. The summed E-state index contributed by atoms with van der Waals surface area (Å²) in [5.74, 6) is 1.25. The van der Waals surface area contributed by atoms with Gasteiger partial charge in [0.1, 0.15) is 7.85 Å². The van der Waals surface area contributed by atoms with Crippen LogP contribution in [0.3, 0.4) is 0 Å².